The molecule has 0 radical (unpaired) electrons. The van der Waals surface area contributed by atoms with Gasteiger partial charge in [-0.25, -0.2) is 0 Å². The second kappa shape index (κ2) is 15.4. The van der Waals surface area contributed by atoms with Gasteiger partial charge in [-0.05, 0) is 58.7 Å². The lowest BCUT2D eigenvalue weighted by Crippen LogP contribution is -2.20. The predicted molar refractivity (Wildman–Crippen MR) is 211 cm³/mol. The molecule has 0 bridgehead atoms. The van der Waals surface area contributed by atoms with Gasteiger partial charge in [0.2, 0.25) is 0 Å². The zero-order valence-electron chi connectivity index (χ0n) is 31.1. The lowest BCUT2D eigenvalue weighted by atomic mass is 9.79. The molecule has 14 heteroatoms. The van der Waals surface area contributed by atoms with E-state index in [1.165, 1.54) is 60.7 Å². The summed E-state index contributed by atoms with van der Waals surface area (Å²) in [5, 5.41) is 82.7. The summed E-state index contributed by atoms with van der Waals surface area (Å²) < 4.78 is 98.3. The first-order chi connectivity index (χ1) is 29.7. The zero-order valence-corrected chi connectivity index (χ0v) is 31.1. The molecule has 0 fully saturated rings. The molecule has 0 spiro atoms. The fourth-order valence-corrected chi connectivity index (χ4v) is 7.91. The number of benzene rings is 5. The number of hydrogen-bond donors (Lipinski definition) is 0. The van der Waals surface area contributed by atoms with E-state index in [2.05, 4.69) is 0 Å². The van der Waals surface area contributed by atoms with Crippen molar-refractivity contribution in [3.8, 4) is 48.6 Å². The van der Waals surface area contributed by atoms with Crippen LogP contribution in [-0.2, 0) is 12.4 Å². The summed E-state index contributed by atoms with van der Waals surface area (Å²) in [4.78, 5) is 0. The van der Waals surface area contributed by atoms with Crippen LogP contribution in [0, 0.1) is 90.6 Å². The molecule has 0 amide bonds. The van der Waals surface area contributed by atoms with E-state index in [1.54, 1.807) is 48.6 Å². The zero-order chi connectivity index (χ0) is 44.7. The number of allylic oxidation sites excluding steroid dienone is 8. The molecule has 0 N–H and O–H groups in total. The average molecular weight is 819 g/mol. The van der Waals surface area contributed by atoms with Crippen molar-refractivity contribution < 1.29 is 26.3 Å². The summed E-state index contributed by atoms with van der Waals surface area (Å²) in [6.45, 7) is 0. The molecular weight excluding hydrogens is 803 g/mol. The standard InChI is InChI=1S/C48H16F6N8/c49-47(50,51)45-41-35(23-61)37(29-7-3-1-4-8-29)39(33(21-59)31-13-25(17-55)11-26(14-31)18-56)43(41)46(48(52,53)54)44-40(34(22-60)32-15-27(19-57)12-28(16-32)20-58)38(36(24-62)42(44)45)30-9-5-2-6-10-30/h1-16H/b39-33+,40-34+. The van der Waals surface area contributed by atoms with E-state index in [4.69, 9.17) is 0 Å². The highest BCUT2D eigenvalue weighted by Gasteiger charge is 2.54. The van der Waals surface area contributed by atoms with Crippen molar-refractivity contribution in [2.45, 2.75) is 12.4 Å². The molecule has 0 atom stereocenters. The van der Waals surface area contributed by atoms with Crippen LogP contribution in [0.25, 0.3) is 44.6 Å². The van der Waals surface area contributed by atoms with Crippen LogP contribution in [0.15, 0.2) is 97.1 Å². The number of alkyl halides is 6. The highest BCUT2D eigenvalue weighted by atomic mass is 19.4. The minimum atomic E-state index is -5.70. The fourth-order valence-electron chi connectivity index (χ4n) is 7.91. The highest BCUT2D eigenvalue weighted by Crippen LogP contribution is 2.63. The number of halogens is 6. The number of nitriles is 8. The third-order valence-corrected chi connectivity index (χ3v) is 10.1. The Balaban J connectivity index is 1.88. The smallest absolute Gasteiger partial charge is 0.192 e. The Morgan fingerprint density at radius 2 is 0.694 bits per heavy atom. The van der Waals surface area contributed by atoms with E-state index in [-0.39, 0.29) is 44.5 Å². The third-order valence-electron chi connectivity index (χ3n) is 10.1. The molecule has 5 aromatic rings. The first-order valence-electron chi connectivity index (χ1n) is 17.7. The second-order valence-corrected chi connectivity index (χ2v) is 13.5. The Labute approximate surface area is 348 Å². The fraction of sp³-hybridized carbons (Fsp3) is 0.0417. The van der Waals surface area contributed by atoms with E-state index < -0.39 is 90.3 Å². The first kappa shape index (κ1) is 40.7. The van der Waals surface area contributed by atoms with Gasteiger partial charge >= 0.3 is 12.4 Å². The van der Waals surface area contributed by atoms with E-state index in [1.807, 2.05) is 0 Å². The van der Waals surface area contributed by atoms with Crippen LogP contribution in [0.2, 0.25) is 0 Å². The van der Waals surface area contributed by atoms with Crippen molar-refractivity contribution in [3.63, 3.8) is 0 Å². The highest BCUT2D eigenvalue weighted by molar-refractivity contribution is 6.36. The van der Waals surface area contributed by atoms with Gasteiger partial charge in [0, 0.05) is 44.5 Å². The molecule has 0 aromatic heterocycles. The van der Waals surface area contributed by atoms with Crippen LogP contribution >= 0.6 is 0 Å². The van der Waals surface area contributed by atoms with Gasteiger partial charge in [0.1, 0.15) is 24.3 Å². The van der Waals surface area contributed by atoms with Gasteiger partial charge in [0.25, 0.3) is 0 Å². The largest absolute Gasteiger partial charge is 0.417 e. The Bertz CT molecular complexity index is 3060. The van der Waals surface area contributed by atoms with Gasteiger partial charge in [-0.2, -0.15) is 68.4 Å². The normalized spacial score (nSPS) is 14.4. The quantitative estimate of drug-likeness (QED) is 0.126. The van der Waals surface area contributed by atoms with Crippen LogP contribution in [0.3, 0.4) is 0 Å². The molecule has 2 aliphatic rings. The van der Waals surface area contributed by atoms with Gasteiger partial charge in [-0.15, -0.1) is 0 Å². The van der Waals surface area contributed by atoms with Crippen LogP contribution in [0.4, 0.5) is 26.3 Å². The summed E-state index contributed by atoms with van der Waals surface area (Å²) in [7, 11) is 0. The van der Waals surface area contributed by atoms with Crippen molar-refractivity contribution in [2.75, 3.05) is 0 Å². The maximum Gasteiger partial charge on any atom is 0.417 e. The number of nitrogens with zero attached hydrogens (tertiary/aromatic N) is 8. The van der Waals surface area contributed by atoms with E-state index in [9.17, 15) is 42.1 Å². The van der Waals surface area contributed by atoms with Gasteiger partial charge in [-0.3, -0.25) is 0 Å². The lowest BCUT2D eigenvalue weighted by molar-refractivity contribution is -0.141. The van der Waals surface area contributed by atoms with Gasteiger partial charge in [0.15, 0.2) is 0 Å². The molecule has 5 aromatic carbocycles. The SMILES string of the molecule is N#CC1=C(c2ccccc2)/C(=C(/C#N)c2cc(C#N)cc(C#N)c2)c2c1c(C(F)(F)F)c1c(c2C(F)(F)F)/C(=C(\C#N)c2cc(C#N)cc(C#N)c2)C(c2ccccc2)=C1C#N. The maximum absolute atomic E-state index is 16.5. The first-order valence-corrected chi connectivity index (χ1v) is 17.7. The van der Waals surface area contributed by atoms with Crippen LogP contribution in [-0.4, -0.2) is 0 Å². The van der Waals surface area contributed by atoms with Gasteiger partial charge in [0.05, 0.1) is 80.0 Å². The minimum Gasteiger partial charge on any atom is -0.192 e. The molecule has 290 valence electrons. The van der Waals surface area contributed by atoms with Crippen molar-refractivity contribution in [1.82, 2.24) is 0 Å². The van der Waals surface area contributed by atoms with Crippen molar-refractivity contribution in [3.05, 3.63) is 175 Å². The molecule has 2 aliphatic carbocycles. The van der Waals surface area contributed by atoms with E-state index in [0.717, 1.165) is 36.4 Å². The van der Waals surface area contributed by atoms with Crippen LogP contribution in [0.1, 0.15) is 77.9 Å². The molecule has 62 heavy (non-hydrogen) atoms. The average Bonchev–Trinajstić information content (AvgIpc) is 3.78. The lowest BCUT2D eigenvalue weighted by Gasteiger charge is -2.25. The molecular formula is C48H16F6N8. The molecule has 0 aliphatic heterocycles. The summed E-state index contributed by atoms with van der Waals surface area (Å²) in [6, 6.07) is 34.3. The van der Waals surface area contributed by atoms with E-state index in [0.29, 0.717) is 0 Å². The molecule has 0 saturated heterocycles. The van der Waals surface area contributed by atoms with Gasteiger partial charge < -0.3 is 0 Å². The summed E-state index contributed by atoms with van der Waals surface area (Å²) >= 11 is 0. The summed E-state index contributed by atoms with van der Waals surface area (Å²) in [5.41, 5.74) is -16.7. The second-order valence-electron chi connectivity index (χ2n) is 13.5. The molecule has 0 saturated carbocycles. The van der Waals surface area contributed by atoms with Crippen LogP contribution in [0.5, 0.6) is 0 Å². The topological polar surface area (TPSA) is 190 Å². The minimum absolute atomic E-state index is 0.0896. The number of rotatable bonds is 4. The molecule has 8 nitrogen and oxygen atoms in total. The molecule has 0 heterocycles. The Morgan fingerprint density at radius 1 is 0.387 bits per heavy atom. The maximum atomic E-state index is 16.5. The summed E-state index contributed by atoms with van der Waals surface area (Å²) in [5.74, 6) is 0. The number of fused-ring (bicyclic) bond motifs is 2. The summed E-state index contributed by atoms with van der Waals surface area (Å²) in [6.07, 6.45) is -11.4. The van der Waals surface area contributed by atoms with Crippen LogP contribution < -0.4 is 0 Å². The molecule has 7 rings (SSSR count). The third kappa shape index (κ3) is 6.47. The number of hydrogen-bond acceptors (Lipinski definition) is 8. The van der Waals surface area contributed by atoms with Crippen molar-refractivity contribution in [2.24, 2.45) is 0 Å². The predicted octanol–water partition coefficient (Wildman–Crippen LogP) is 11.0. The Hall–Kier alpha value is -9.44. The monoisotopic (exact) mass is 818 g/mol. The van der Waals surface area contributed by atoms with E-state index >= 15 is 26.3 Å². The molecule has 0 unspecified atom stereocenters. The van der Waals surface area contributed by atoms with Crippen molar-refractivity contribution in [1.29, 1.82) is 42.1 Å². The van der Waals surface area contributed by atoms with Gasteiger partial charge in [-0.1, -0.05) is 60.7 Å². The van der Waals surface area contributed by atoms with Crippen molar-refractivity contribution >= 4 is 44.6 Å². The Morgan fingerprint density at radius 3 is 0.952 bits per heavy atom. The Kier molecular flexibility index (Phi) is 10.1.